The zero-order valence-electron chi connectivity index (χ0n) is 11.7. The molecule has 0 radical (unpaired) electrons. The number of rotatable bonds is 5. The van der Waals surface area contributed by atoms with Crippen LogP contribution >= 0.6 is 0 Å². The highest BCUT2D eigenvalue weighted by Gasteiger charge is 2.22. The molecule has 1 unspecified atom stereocenters. The third-order valence-corrected chi connectivity index (χ3v) is 3.01. The van der Waals surface area contributed by atoms with Crippen LogP contribution in [0.25, 0.3) is 6.08 Å². The number of carbonyl (C=O) groups is 1. The fourth-order valence-corrected chi connectivity index (χ4v) is 1.78. The van der Waals surface area contributed by atoms with E-state index in [-0.39, 0.29) is 12.5 Å². The predicted octanol–water partition coefficient (Wildman–Crippen LogP) is 1.51. The number of carbonyl (C=O) groups excluding carboxylic acids is 1. The quantitative estimate of drug-likeness (QED) is 0.816. The molecule has 0 saturated carbocycles. The van der Waals surface area contributed by atoms with Crippen molar-refractivity contribution in [3.63, 3.8) is 0 Å². The highest BCUT2D eigenvalue weighted by molar-refractivity contribution is 5.91. The summed E-state index contributed by atoms with van der Waals surface area (Å²) in [5.41, 5.74) is 0.291. The van der Waals surface area contributed by atoms with Gasteiger partial charge in [0.1, 0.15) is 11.9 Å². The number of nitrogens with zero attached hydrogens (tertiary/aromatic N) is 2. The van der Waals surface area contributed by atoms with Gasteiger partial charge in [-0.1, -0.05) is 30.3 Å². The molecule has 1 atom stereocenters. The average molecular weight is 283 g/mol. The molecule has 5 heteroatoms. The van der Waals surface area contributed by atoms with Crippen molar-refractivity contribution < 1.29 is 9.90 Å². The van der Waals surface area contributed by atoms with Crippen LogP contribution in [0.4, 0.5) is 0 Å². The molecule has 0 aliphatic carbocycles. The number of aromatic nitrogens is 2. The molecular weight excluding hydrogens is 266 g/mol. The summed E-state index contributed by atoms with van der Waals surface area (Å²) < 4.78 is 0. The van der Waals surface area contributed by atoms with Crippen LogP contribution in [0.1, 0.15) is 18.2 Å². The summed E-state index contributed by atoms with van der Waals surface area (Å²) in [6.07, 6.45) is 5.99. The summed E-state index contributed by atoms with van der Waals surface area (Å²) in [6.45, 7) is 1.79. The van der Waals surface area contributed by atoms with Crippen molar-refractivity contribution >= 4 is 12.0 Å². The van der Waals surface area contributed by atoms with Gasteiger partial charge < -0.3 is 10.4 Å². The van der Waals surface area contributed by atoms with Crippen LogP contribution in [0.15, 0.2) is 55.0 Å². The number of amides is 1. The molecule has 2 aromatic rings. The number of nitrogens with one attached hydrogen (secondary N) is 1. The highest BCUT2D eigenvalue weighted by atomic mass is 16.3. The summed E-state index contributed by atoms with van der Waals surface area (Å²) in [5, 5.41) is 13.0. The molecule has 1 aromatic carbocycles. The van der Waals surface area contributed by atoms with Crippen molar-refractivity contribution in [2.45, 2.75) is 12.5 Å². The minimum absolute atomic E-state index is 0.129. The highest BCUT2D eigenvalue weighted by Crippen LogP contribution is 2.18. The molecule has 1 amide bonds. The molecule has 0 fully saturated rings. The third kappa shape index (κ3) is 4.50. The van der Waals surface area contributed by atoms with E-state index < -0.39 is 5.60 Å². The van der Waals surface area contributed by atoms with Gasteiger partial charge in [0, 0.05) is 12.3 Å². The van der Waals surface area contributed by atoms with E-state index in [0.29, 0.717) is 5.69 Å². The van der Waals surface area contributed by atoms with Gasteiger partial charge >= 0.3 is 0 Å². The maximum Gasteiger partial charge on any atom is 0.244 e. The van der Waals surface area contributed by atoms with E-state index in [2.05, 4.69) is 15.3 Å². The number of hydrogen-bond donors (Lipinski definition) is 2. The monoisotopic (exact) mass is 283 g/mol. The molecule has 2 rings (SSSR count). The molecular formula is C16H17N3O2. The lowest BCUT2D eigenvalue weighted by molar-refractivity contribution is -0.117. The number of aliphatic hydroxyl groups is 1. The van der Waals surface area contributed by atoms with Crippen molar-refractivity contribution in [2.24, 2.45) is 0 Å². The van der Waals surface area contributed by atoms with Crippen molar-refractivity contribution in [1.82, 2.24) is 15.3 Å². The third-order valence-electron chi connectivity index (χ3n) is 3.01. The van der Waals surface area contributed by atoms with Crippen molar-refractivity contribution in [1.29, 1.82) is 0 Å². The Hall–Kier alpha value is -2.53. The van der Waals surface area contributed by atoms with Gasteiger partial charge in [-0.2, -0.15) is 0 Å². The second-order valence-electron chi connectivity index (χ2n) is 4.83. The molecule has 0 spiro atoms. The summed E-state index contributed by atoms with van der Waals surface area (Å²) in [7, 11) is 0. The van der Waals surface area contributed by atoms with E-state index in [1.807, 2.05) is 30.3 Å². The SMILES string of the molecule is CC(O)(CNC(=O)/C=C/c1ccncn1)c1ccccc1. The van der Waals surface area contributed by atoms with Crippen LogP contribution in [-0.4, -0.2) is 27.5 Å². The van der Waals surface area contributed by atoms with Gasteiger partial charge in [-0.05, 0) is 24.6 Å². The standard InChI is InChI=1S/C16H17N3O2/c1-16(21,13-5-3-2-4-6-13)11-18-15(20)8-7-14-9-10-17-12-19-14/h2-10,12,21H,11H2,1H3,(H,18,20)/b8-7+. The van der Waals surface area contributed by atoms with Gasteiger partial charge in [0.25, 0.3) is 0 Å². The van der Waals surface area contributed by atoms with E-state index in [1.54, 1.807) is 25.3 Å². The van der Waals surface area contributed by atoms with Gasteiger partial charge in [-0.15, -0.1) is 0 Å². The fourth-order valence-electron chi connectivity index (χ4n) is 1.78. The van der Waals surface area contributed by atoms with Crippen molar-refractivity contribution in [3.05, 3.63) is 66.3 Å². The Balaban J connectivity index is 1.91. The minimum Gasteiger partial charge on any atom is -0.384 e. The summed E-state index contributed by atoms with van der Waals surface area (Å²) in [4.78, 5) is 19.5. The first-order valence-electron chi connectivity index (χ1n) is 6.58. The van der Waals surface area contributed by atoms with Crippen LogP contribution in [0.2, 0.25) is 0 Å². The van der Waals surface area contributed by atoms with Gasteiger partial charge in [-0.3, -0.25) is 4.79 Å². The Bertz CT molecular complexity index is 610. The van der Waals surface area contributed by atoms with Gasteiger partial charge in [-0.25, -0.2) is 9.97 Å². The van der Waals surface area contributed by atoms with Crippen LogP contribution in [0, 0.1) is 0 Å². The molecule has 108 valence electrons. The Morgan fingerprint density at radius 1 is 1.33 bits per heavy atom. The number of hydrogen-bond acceptors (Lipinski definition) is 4. The van der Waals surface area contributed by atoms with E-state index >= 15 is 0 Å². The first-order valence-corrected chi connectivity index (χ1v) is 6.58. The Labute approximate surface area is 123 Å². The van der Waals surface area contributed by atoms with Crippen LogP contribution < -0.4 is 5.32 Å². The second kappa shape index (κ2) is 6.76. The summed E-state index contributed by atoms with van der Waals surface area (Å²) in [5.74, 6) is -0.287. The van der Waals surface area contributed by atoms with Crippen LogP contribution in [0.3, 0.4) is 0 Å². The largest absolute Gasteiger partial charge is 0.384 e. The van der Waals surface area contributed by atoms with E-state index in [9.17, 15) is 9.90 Å². The smallest absolute Gasteiger partial charge is 0.244 e. The molecule has 0 bridgehead atoms. The van der Waals surface area contributed by atoms with Crippen molar-refractivity contribution in [3.8, 4) is 0 Å². The Kier molecular flexibility index (Phi) is 4.79. The average Bonchev–Trinajstić information content (AvgIpc) is 2.53. The maximum atomic E-state index is 11.7. The molecule has 2 N–H and O–H groups in total. The first-order chi connectivity index (χ1) is 10.1. The van der Waals surface area contributed by atoms with Gasteiger partial charge in [0.2, 0.25) is 5.91 Å². The molecule has 5 nitrogen and oxygen atoms in total. The predicted molar refractivity (Wildman–Crippen MR) is 80.1 cm³/mol. The minimum atomic E-state index is -1.11. The molecule has 0 saturated heterocycles. The molecule has 1 aromatic heterocycles. The van der Waals surface area contributed by atoms with Gasteiger partial charge in [0.15, 0.2) is 0 Å². The zero-order chi connectivity index (χ0) is 15.1. The van der Waals surface area contributed by atoms with E-state index in [1.165, 1.54) is 12.4 Å². The van der Waals surface area contributed by atoms with E-state index in [4.69, 9.17) is 0 Å². The Morgan fingerprint density at radius 3 is 2.76 bits per heavy atom. The lowest BCUT2D eigenvalue weighted by atomic mass is 9.96. The zero-order valence-corrected chi connectivity index (χ0v) is 11.7. The van der Waals surface area contributed by atoms with Gasteiger partial charge in [0.05, 0.1) is 12.2 Å². The topological polar surface area (TPSA) is 75.1 Å². The lowest BCUT2D eigenvalue weighted by Crippen LogP contribution is -2.37. The molecule has 0 aliphatic heterocycles. The fraction of sp³-hybridized carbons (Fsp3) is 0.188. The molecule has 21 heavy (non-hydrogen) atoms. The lowest BCUT2D eigenvalue weighted by Gasteiger charge is -2.23. The van der Waals surface area contributed by atoms with Crippen LogP contribution in [-0.2, 0) is 10.4 Å². The van der Waals surface area contributed by atoms with Crippen molar-refractivity contribution in [2.75, 3.05) is 6.54 Å². The Morgan fingerprint density at radius 2 is 2.10 bits per heavy atom. The summed E-state index contributed by atoms with van der Waals surface area (Å²) >= 11 is 0. The van der Waals surface area contributed by atoms with E-state index in [0.717, 1.165) is 5.56 Å². The first kappa shape index (κ1) is 14.9. The second-order valence-corrected chi connectivity index (χ2v) is 4.83. The molecule has 1 heterocycles. The molecule has 0 aliphatic rings. The number of benzene rings is 1. The maximum absolute atomic E-state index is 11.7. The summed E-state index contributed by atoms with van der Waals surface area (Å²) in [6, 6.07) is 10.9. The van der Waals surface area contributed by atoms with Crippen LogP contribution in [0.5, 0.6) is 0 Å². The normalized spacial score (nSPS) is 13.8.